The van der Waals surface area contributed by atoms with Gasteiger partial charge < -0.3 is 5.32 Å². The molecular formula is C31H27NP2. The van der Waals surface area contributed by atoms with E-state index in [0.717, 1.165) is 6.16 Å². The zero-order valence-corrected chi connectivity index (χ0v) is 20.7. The van der Waals surface area contributed by atoms with Gasteiger partial charge >= 0.3 is 0 Å². The smallest absolute Gasteiger partial charge is 0.0393 e. The molecule has 0 amide bonds. The van der Waals surface area contributed by atoms with Crippen molar-refractivity contribution < 1.29 is 0 Å². The Bertz CT molecular complexity index is 1200. The lowest BCUT2D eigenvalue weighted by Crippen LogP contribution is -2.22. The number of rotatable bonds is 7. The van der Waals surface area contributed by atoms with Crippen LogP contribution >= 0.6 is 15.8 Å². The molecule has 166 valence electrons. The Kier molecular flexibility index (Phi) is 7.47. The highest BCUT2D eigenvalue weighted by Crippen LogP contribution is 2.38. The van der Waals surface area contributed by atoms with Gasteiger partial charge in [-0.3, -0.25) is 0 Å². The van der Waals surface area contributed by atoms with Crippen LogP contribution in [0.4, 0.5) is 0 Å². The van der Waals surface area contributed by atoms with Crippen LogP contribution in [0.5, 0.6) is 0 Å². The van der Waals surface area contributed by atoms with E-state index >= 15 is 0 Å². The first-order chi connectivity index (χ1) is 16.9. The van der Waals surface area contributed by atoms with Gasteiger partial charge in [-0.25, -0.2) is 0 Å². The summed E-state index contributed by atoms with van der Waals surface area (Å²) in [5.41, 5.74) is 2.44. The van der Waals surface area contributed by atoms with Crippen molar-refractivity contribution in [3.8, 4) is 0 Å². The Morgan fingerprint density at radius 2 is 1.00 bits per heavy atom. The summed E-state index contributed by atoms with van der Waals surface area (Å²) in [4.78, 5) is 0. The Morgan fingerprint density at radius 1 is 0.559 bits per heavy atom. The quantitative estimate of drug-likeness (QED) is 0.317. The number of nitrogens with one attached hydrogen (secondary N) is 1. The molecule has 4 aromatic rings. The summed E-state index contributed by atoms with van der Waals surface area (Å²) in [6.45, 7) is 0. The number of benzene rings is 4. The maximum Gasteiger partial charge on any atom is 0.0393 e. The number of hydrogen-bond acceptors (Lipinski definition) is 1. The molecule has 0 unspecified atom stereocenters. The van der Waals surface area contributed by atoms with Crippen LogP contribution < -0.4 is 26.5 Å². The maximum absolute atomic E-state index is 3.76. The van der Waals surface area contributed by atoms with Gasteiger partial charge in [-0.2, -0.15) is 0 Å². The van der Waals surface area contributed by atoms with Gasteiger partial charge in [0.2, 0.25) is 0 Å². The molecule has 1 aliphatic rings. The van der Waals surface area contributed by atoms with E-state index in [0.29, 0.717) is 0 Å². The lowest BCUT2D eigenvalue weighted by molar-refractivity contribution is 0.998. The van der Waals surface area contributed by atoms with Crippen molar-refractivity contribution in [3.63, 3.8) is 0 Å². The third-order valence-corrected chi connectivity index (χ3v) is 10.4. The molecule has 0 saturated heterocycles. The minimum Gasteiger partial charge on any atom is -0.359 e. The first-order valence-corrected chi connectivity index (χ1v) is 14.4. The van der Waals surface area contributed by atoms with Crippen LogP contribution in [0.2, 0.25) is 0 Å². The van der Waals surface area contributed by atoms with Crippen molar-refractivity contribution in [3.05, 3.63) is 157 Å². The Morgan fingerprint density at radius 3 is 1.47 bits per heavy atom. The highest BCUT2D eigenvalue weighted by atomic mass is 31.1. The zero-order valence-electron chi connectivity index (χ0n) is 19.0. The molecule has 34 heavy (non-hydrogen) atoms. The lowest BCUT2D eigenvalue weighted by atomic mass is 10.3. The first kappa shape index (κ1) is 22.5. The van der Waals surface area contributed by atoms with Gasteiger partial charge in [-0.15, -0.1) is 0 Å². The average molecular weight is 476 g/mol. The second-order valence-electron chi connectivity index (χ2n) is 8.06. The van der Waals surface area contributed by atoms with E-state index in [1.165, 1.54) is 32.6 Å². The predicted molar refractivity (Wildman–Crippen MR) is 151 cm³/mol. The average Bonchev–Trinajstić information content (AvgIpc) is 2.92. The molecule has 0 aliphatic carbocycles. The van der Waals surface area contributed by atoms with E-state index in [-0.39, 0.29) is 0 Å². The SMILES string of the molecule is C1=CC(=CP(c2ccccc2)c2ccccc2)NC(CP(c2ccccc2)c2ccccc2)=C1. The van der Waals surface area contributed by atoms with E-state index in [4.69, 9.17) is 0 Å². The van der Waals surface area contributed by atoms with E-state index in [2.05, 4.69) is 151 Å². The molecule has 1 N–H and O–H groups in total. The molecule has 4 aromatic carbocycles. The van der Waals surface area contributed by atoms with Crippen LogP contribution in [0.3, 0.4) is 0 Å². The topological polar surface area (TPSA) is 12.0 Å². The molecule has 0 radical (unpaired) electrons. The van der Waals surface area contributed by atoms with Crippen molar-refractivity contribution in [2.24, 2.45) is 0 Å². The second kappa shape index (κ2) is 11.3. The van der Waals surface area contributed by atoms with Crippen LogP contribution in [0, 0.1) is 0 Å². The Balaban J connectivity index is 1.42. The summed E-state index contributed by atoms with van der Waals surface area (Å²) in [5.74, 6) is 2.41. The van der Waals surface area contributed by atoms with E-state index in [9.17, 15) is 0 Å². The van der Waals surface area contributed by atoms with E-state index in [1.807, 2.05) is 0 Å². The Labute approximate surface area is 205 Å². The summed E-state index contributed by atoms with van der Waals surface area (Å²) in [5, 5.41) is 9.29. The molecule has 3 heteroatoms. The summed E-state index contributed by atoms with van der Waals surface area (Å²) in [7, 11) is -1.09. The first-order valence-electron chi connectivity index (χ1n) is 11.5. The second-order valence-corrected chi connectivity index (χ2v) is 12.3. The molecule has 1 nitrogen and oxygen atoms in total. The highest BCUT2D eigenvalue weighted by Gasteiger charge is 2.18. The van der Waals surface area contributed by atoms with Gasteiger partial charge in [0.1, 0.15) is 0 Å². The standard InChI is InChI=1S/C31H27NP2/c1-5-16-28(17-6-1)33(29-18-7-2-8-19-29)24-26-14-13-15-27(32-26)25-34(30-20-9-3-10-21-30)31-22-11-4-12-23-31/h1-24,32H,25H2. The fraction of sp³-hybridized carbons (Fsp3) is 0.0323. The van der Waals surface area contributed by atoms with Gasteiger partial charge in [0.25, 0.3) is 0 Å². The summed E-state index contributed by atoms with van der Waals surface area (Å²) >= 11 is 0. The van der Waals surface area contributed by atoms with Gasteiger partial charge in [0.05, 0.1) is 0 Å². The molecule has 0 aromatic heterocycles. The molecule has 1 heterocycles. The third kappa shape index (κ3) is 5.63. The van der Waals surface area contributed by atoms with Crippen LogP contribution in [-0.2, 0) is 0 Å². The van der Waals surface area contributed by atoms with Gasteiger partial charge in [-0.05, 0) is 55.0 Å². The fourth-order valence-corrected chi connectivity index (χ4v) is 8.30. The number of allylic oxidation sites excluding steroid dienone is 4. The zero-order chi connectivity index (χ0) is 23.0. The van der Waals surface area contributed by atoms with Gasteiger partial charge in [0, 0.05) is 17.6 Å². The van der Waals surface area contributed by atoms with Crippen LogP contribution in [0.1, 0.15) is 0 Å². The summed E-state index contributed by atoms with van der Waals surface area (Å²) in [6, 6.07) is 43.5. The van der Waals surface area contributed by atoms with Gasteiger partial charge in [-0.1, -0.05) is 127 Å². The molecule has 5 rings (SSSR count). The molecule has 0 spiro atoms. The lowest BCUT2D eigenvalue weighted by Gasteiger charge is -2.24. The minimum absolute atomic E-state index is 0.487. The van der Waals surface area contributed by atoms with Crippen LogP contribution in [0.15, 0.2) is 157 Å². The third-order valence-electron chi connectivity index (χ3n) is 5.68. The van der Waals surface area contributed by atoms with Gasteiger partial charge in [0.15, 0.2) is 0 Å². The summed E-state index contributed by atoms with van der Waals surface area (Å²) in [6.07, 6.45) is 7.59. The highest BCUT2D eigenvalue weighted by molar-refractivity contribution is 7.75. The Hall–Kier alpha value is -3.24. The molecule has 0 atom stereocenters. The summed E-state index contributed by atoms with van der Waals surface area (Å²) < 4.78 is 0. The molecule has 0 bridgehead atoms. The molecule has 1 aliphatic heterocycles. The van der Waals surface area contributed by atoms with Crippen molar-refractivity contribution in [1.29, 1.82) is 0 Å². The van der Waals surface area contributed by atoms with Crippen molar-refractivity contribution in [2.75, 3.05) is 6.16 Å². The molecule has 0 fully saturated rings. The monoisotopic (exact) mass is 475 g/mol. The van der Waals surface area contributed by atoms with Crippen LogP contribution in [-0.4, -0.2) is 6.16 Å². The van der Waals surface area contributed by atoms with Crippen molar-refractivity contribution in [2.45, 2.75) is 0 Å². The van der Waals surface area contributed by atoms with Crippen LogP contribution in [0.25, 0.3) is 0 Å². The van der Waals surface area contributed by atoms with E-state index in [1.54, 1.807) is 0 Å². The molecular weight excluding hydrogens is 448 g/mol. The number of hydrogen-bond donors (Lipinski definition) is 1. The fourth-order valence-electron chi connectivity index (χ4n) is 4.04. The van der Waals surface area contributed by atoms with Crippen molar-refractivity contribution in [1.82, 2.24) is 5.32 Å². The largest absolute Gasteiger partial charge is 0.359 e. The predicted octanol–water partition coefficient (Wildman–Crippen LogP) is 6.14. The van der Waals surface area contributed by atoms with E-state index < -0.39 is 15.8 Å². The number of dihydropyridines is 1. The maximum atomic E-state index is 3.76. The minimum atomic E-state index is -0.598. The van der Waals surface area contributed by atoms with Crippen molar-refractivity contribution >= 4 is 37.1 Å². The normalized spacial score (nSPS) is 14.3. The molecule has 0 saturated carbocycles.